The van der Waals surface area contributed by atoms with Crippen LogP contribution in [0.5, 0.6) is 0 Å². The number of aliphatic hydroxyl groups excluding tert-OH is 2. The van der Waals surface area contributed by atoms with Gasteiger partial charge in [0.1, 0.15) is 12.8 Å². The Hall–Kier alpha value is 0.660. The highest BCUT2D eigenvalue weighted by Gasteiger charge is 2.37. The van der Waals surface area contributed by atoms with Crippen molar-refractivity contribution < 1.29 is 15.3 Å². The van der Waals surface area contributed by atoms with Gasteiger partial charge < -0.3 is 15.3 Å². The summed E-state index contributed by atoms with van der Waals surface area (Å²) in [6.07, 6.45) is -0.159. The average molecular weight is 171 g/mol. The van der Waals surface area contributed by atoms with Crippen LogP contribution >= 0.6 is 19.9 Å². The number of hydrogen-bond donors (Lipinski definition) is 4. The van der Waals surface area contributed by atoms with Crippen LogP contribution in [0.3, 0.4) is 0 Å². The van der Waals surface area contributed by atoms with E-state index in [1.54, 1.807) is 6.66 Å². The molecule has 0 bridgehead atoms. The van der Waals surface area contributed by atoms with Gasteiger partial charge in [0.25, 0.3) is 6.03 Å². The van der Waals surface area contributed by atoms with E-state index >= 15 is 0 Å². The van der Waals surface area contributed by atoms with Crippen LogP contribution in [0, 0.1) is 0 Å². The van der Waals surface area contributed by atoms with Crippen LogP contribution in [0.15, 0.2) is 0 Å². The minimum Gasteiger partial charge on any atom is -0.361 e. The van der Waals surface area contributed by atoms with E-state index in [1.807, 2.05) is 0 Å². The second kappa shape index (κ2) is 3.74. The summed E-state index contributed by atoms with van der Waals surface area (Å²) in [6, 6.07) is -1.39. The lowest BCUT2D eigenvalue weighted by molar-refractivity contribution is 0.0305. The first-order valence-electron chi connectivity index (χ1n) is 2.49. The van der Waals surface area contributed by atoms with Crippen LogP contribution in [0.25, 0.3) is 0 Å². The number of thiol groups is 1. The van der Waals surface area contributed by atoms with Crippen LogP contribution in [0.4, 0.5) is 0 Å². The van der Waals surface area contributed by atoms with Gasteiger partial charge in [-0.2, -0.15) is 0 Å². The van der Waals surface area contributed by atoms with Gasteiger partial charge in [-0.1, -0.05) is 0 Å². The first kappa shape index (κ1) is 9.66. The summed E-state index contributed by atoms with van der Waals surface area (Å²) in [5.74, 6) is 0. The molecule has 0 heterocycles. The third kappa shape index (κ3) is 2.40. The summed E-state index contributed by atoms with van der Waals surface area (Å²) in [5.41, 5.74) is 0.362. The van der Waals surface area contributed by atoms with Gasteiger partial charge in [0.15, 0.2) is 6.35 Å². The molecule has 0 spiro atoms. The van der Waals surface area contributed by atoms with E-state index in [0.29, 0.717) is 5.49 Å². The topological polar surface area (TPSA) is 60.7 Å². The average Bonchev–Trinajstić information content (AvgIpc) is 1.86. The Bertz CT molecular complexity index is 83.9. The van der Waals surface area contributed by atoms with Crippen molar-refractivity contribution in [3.63, 3.8) is 0 Å². The van der Waals surface area contributed by atoms with Crippen molar-refractivity contribution in [3.05, 3.63) is 0 Å². The first-order valence-corrected chi connectivity index (χ1v) is 5.79. The summed E-state index contributed by atoms with van der Waals surface area (Å²) in [5, 5.41) is 26.0. The maximum absolute atomic E-state index is 8.67. The predicted octanol–water partition coefficient (Wildman–Crippen LogP) is -0.261. The SMILES string of the molecule is C[P+](CO)(CS)C(O)O. The van der Waals surface area contributed by atoms with Gasteiger partial charge in [-0.05, 0) is 0 Å². The second-order valence-electron chi connectivity index (χ2n) is 2.11. The Morgan fingerprint density at radius 2 is 2.00 bits per heavy atom. The van der Waals surface area contributed by atoms with E-state index in [9.17, 15) is 0 Å². The molecule has 0 fully saturated rings. The quantitative estimate of drug-likeness (QED) is 0.269. The molecule has 0 aromatic rings. The van der Waals surface area contributed by atoms with E-state index in [1.165, 1.54) is 0 Å². The highest BCUT2D eigenvalue weighted by atomic mass is 32.1. The molecule has 0 amide bonds. The molecule has 0 aromatic heterocycles. The fraction of sp³-hybridized carbons (Fsp3) is 1.00. The molecule has 0 aliphatic heterocycles. The van der Waals surface area contributed by atoms with Crippen LogP contribution in [0.1, 0.15) is 0 Å². The van der Waals surface area contributed by atoms with Gasteiger partial charge in [0, 0.05) is 0 Å². The van der Waals surface area contributed by atoms with E-state index < -0.39 is 13.3 Å². The molecule has 0 saturated heterocycles. The van der Waals surface area contributed by atoms with Crippen molar-refractivity contribution in [1.82, 2.24) is 0 Å². The summed E-state index contributed by atoms with van der Waals surface area (Å²) < 4.78 is 0. The summed E-state index contributed by atoms with van der Waals surface area (Å²) in [6.45, 7) is 1.66. The molecule has 0 aliphatic rings. The first-order chi connectivity index (χ1) is 4.06. The van der Waals surface area contributed by atoms with Gasteiger partial charge >= 0.3 is 0 Å². The highest BCUT2D eigenvalue weighted by molar-refractivity contribution is 7.94. The van der Waals surface area contributed by atoms with Crippen molar-refractivity contribution in [2.45, 2.75) is 6.03 Å². The van der Waals surface area contributed by atoms with Crippen LogP contribution in [-0.4, -0.2) is 39.9 Å². The molecule has 5 heteroatoms. The minimum absolute atomic E-state index is 0.159. The number of rotatable bonds is 3. The van der Waals surface area contributed by atoms with E-state index in [2.05, 4.69) is 12.6 Å². The van der Waals surface area contributed by atoms with Crippen molar-refractivity contribution in [1.29, 1.82) is 0 Å². The van der Waals surface area contributed by atoms with Gasteiger partial charge in [0.2, 0.25) is 0 Å². The van der Waals surface area contributed by atoms with Crippen molar-refractivity contribution in [2.75, 3.05) is 18.5 Å². The molecule has 0 aromatic carbocycles. The zero-order valence-electron chi connectivity index (χ0n) is 5.23. The normalized spacial score (nSPS) is 18.0. The molecule has 1 unspecified atom stereocenters. The Kier molecular flexibility index (Phi) is 4.01. The molecule has 9 heavy (non-hydrogen) atoms. The molecule has 1 atom stereocenters. The molecular formula is C4H12O3PS+. The van der Waals surface area contributed by atoms with E-state index in [-0.39, 0.29) is 6.35 Å². The Morgan fingerprint density at radius 1 is 1.56 bits per heavy atom. The maximum Gasteiger partial charge on any atom is 0.271 e. The van der Waals surface area contributed by atoms with Gasteiger partial charge in [0.05, 0.1) is 6.66 Å². The Morgan fingerprint density at radius 3 is 2.00 bits per heavy atom. The van der Waals surface area contributed by atoms with Crippen LogP contribution in [-0.2, 0) is 0 Å². The number of aliphatic hydroxyl groups is 3. The van der Waals surface area contributed by atoms with Gasteiger partial charge in [-0.15, -0.1) is 12.6 Å². The zero-order chi connectivity index (χ0) is 7.49. The smallest absolute Gasteiger partial charge is 0.271 e. The predicted molar refractivity (Wildman–Crippen MR) is 42.0 cm³/mol. The largest absolute Gasteiger partial charge is 0.361 e. The molecule has 3 N–H and O–H groups in total. The van der Waals surface area contributed by atoms with Crippen LogP contribution in [0.2, 0.25) is 0 Å². The lowest BCUT2D eigenvalue weighted by atomic mass is 11.5. The van der Waals surface area contributed by atoms with Gasteiger partial charge in [-0.25, -0.2) is 0 Å². The van der Waals surface area contributed by atoms with Crippen molar-refractivity contribution in [2.24, 2.45) is 0 Å². The molecule has 0 saturated carbocycles. The van der Waals surface area contributed by atoms with Gasteiger partial charge in [-0.3, -0.25) is 0 Å². The fourth-order valence-electron chi connectivity index (χ4n) is 0.191. The Balaban J connectivity index is 3.92. The lowest BCUT2D eigenvalue weighted by Crippen LogP contribution is -2.15. The molecule has 56 valence electrons. The lowest BCUT2D eigenvalue weighted by Gasteiger charge is -2.18. The minimum atomic E-state index is -1.97. The van der Waals surface area contributed by atoms with E-state index in [0.717, 1.165) is 0 Å². The molecule has 3 nitrogen and oxygen atoms in total. The fourth-order valence-corrected chi connectivity index (χ4v) is 1.28. The molecular weight excluding hydrogens is 159 g/mol. The van der Waals surface area contributed by atoms with Crippen LogP contribution < -0.4 is 0 Å². The second-order valence-corrected chi connectivity index (χ2v) is 6.94. The monoisotopic (exact) mass is 171 g/mol. The summed E-state index contributed by atoms with van der Waals surface area (Å²) in [7, 11) is -1.97. The van der Waals surface area contributed by atoms with E-state index in [4.69, 9.17) is 15.3 Å². The maximum atomic E-state index is 8.67. The number of hydrogen-bond acceptors (Lipinski definition) is 4. The Labute approximate surface area is 60.5 Å². The molecule has 0 aliphatic carbocycles. The third-order valence-electron chi connectivity index (χ3n) is 1.20. The zero-order valence-corrected chi connectivity index (χ0v) is 7.02. The van der Waals surface area contributed by atoms with Crippen molar-refractivity contribution >= 4 is 19.9 Å². The standard InChI is InChI=1S/C4H11O3PS/c1-8(2-5,3-9)4(6)7/h4-7H,2-3H2,1H3/p+1. The molecule has 0 radical (unpaired) electrons. The van der Waals surface area contributed by atoms with Crippen molar-refractivity contribution in [3.8, 4) is 0 Å². The highest BCUT2D eigenvalue weighted by Crippen LogP contribution is 2.57. The third-order valence-corrected chi connectivity index (χ3v) is 5.55. The molecule has 0 rings (SSSR count). The summed E-state index contributed by atoms with van der Waals surface area (Å²) in [4.78, 5) is 0. The summed E-state index contributed by atoms with van der Waals surface area (Å²) >= 11 is 3.89.